The largest absolute Gasteiger partial charge is 0.383 e. The molecule has 2 amide bonds. The first-order valence-electron chi connectivity index (χ1n) is 7.55. The second kappa shape index (κ2) is 13.3. The summed E-state index contributed by atoms with van der Waals surface area (Å²) >= 11 is 1.32. The van der Waals surface area contributed by atoms with Gasteiger partial charge in [-0.05, 0) is 0 Å². The van der Waals surface area contributed by atoms with E-state index in [9.17, 15) is 9.59 Å². The number of nitrogens with one attached hydrogen (secondary N) is 3. The van der Waals surface area contributed by atoms with Crippen LogP contribution in [0, 0.1) is 5.41 Å². The smallest absolute Gasteiger partial charge is 0.231 e. The number of ether oxygens (including phenoxy) is 1. The van der Waals surface area contributed by atoms with Crippen LogP contribution in [0.15, 0.2) is 5.38 Å². The van der Waals surface area contributed by atoms with E-state index in [1.54, 1.807) is 12.5 Å². The van der Waals surface area contributed by atoms with E-state index in [0.29, 0.717) is 30.5 Å². The van der Waals surface area contributed by atoms with E-state index in [1.807, 2.05) is 20.8 Å². The normalized spacial score (nSPS) is 10.4. The van der Waals surface area contributed by atoms with Crippen molar-refractivity contribution in [1.82, 2.24) is 15.6 Å². The number of carbonyl (C=O) groups excluding carboxylic acids is 2. The highest BCUT2D eigenvalue weighted by molar-refractivity contribution is 7.13. The Balaban J connectivity index is 0. The van der Waals surface area contributed by atoms with Gasteiger partial charge in [-0.2, -0.15) is 0 Å². The second-order valence-electron chi connectivity index (χ2n) is 6.12. The molecule has 0 saturated heterocycles. The number of amides is 2. The van der Waals surface area contributed by atoms with Crippen LogP contribution in [0.25, 0.3) is 0 Å². The summed E-state index contributed by atoms with van der Waals surface area (Å²) in [5.74, 6) is -0.178. The van der Waals surface area contributed by atoms with Crippen LogP contribution in [0.2, 0.25) is 0 Å². The van der Waals surface area contributed by atoms with Crippen molar-refractivity contribution in [2.75, 3.05) is 38.7 Å². The zero-order chi connectivity index (χ0) is 17.3. The predicted octanol–water partition coefficient (Wildman–Crippen LogP) is 1.87. The lowest BCUT2D eigenvalue weighted by Crippen LogP contribution is -2.33. The van der Waals surface area contributed by atoms with E-state index in [-0.39, 0.29) is 43.0 Å². The number of anilines is 1. The van der Waals surface area contributed by atoms with Gasteiger partial charge in [0.05, 0.1) is 18.7 Å². The van der Waals surface area contributed by atoms with Crippen molar-refractivity contribution in [1.29, 1.82) is 0 Å². The number of hydrogen-bond donors (Lipinski definition) is 3. The highest BCUT2D eigenvalue weighted by Gasteiger charge is 2.22. The maximum absolute atomic E-state index is 11.9. The minimum absolute atomic E-state index is 0. The van der Waals surface area contributed by atoms with Crippen molar-refractivity contribution in [2.45, 2.75) is 27.2 Å². The third kappa shape index (κ3) is 11.3. The second-order valence-corrected chi connectivity index (χ2v) is 6.98. The van der Waals surface area contributed by atoms with Gasteiger partial charge < -0.3 is 20.7 Å². The van der Waals surface area contributed by atoms with Crippen LogP contribution in [0.1, 0.15) is 26.5 Å². The van der Waals surface area contributed by atoms with Crippen molar-refractivity contribution >= 4 is 53.1 Å². The highest BCUT2D eigenvalue weighted by atomic mass is 35.5. The fourth-order valence-corrected chi connectivity index (χ4v) is 2.25. The molecule has 146 valence electrons. The van der Waals surface area contributed by atoms with Gasteiger partial charge in [0.2, 0.25) is 11.8 Å². The monoisotopic (exact) mass is 414 g/mol. The Bertz CT molecular complexity index is 521. The van der Waals surface area contributed by atoms with Gasteiger partial charge in [0.1, 0.15) is 0 Å². The molecule has 0 saturated carbocycles. The third-order valence-electron chi connectivity index (χ3n) is 2.90. The molecule has 7 nitrogen and oxygen atoms in total. The molecule has 0 spiro atoms. The summed E-state index contributed by atoms with van der Waals surface area (Å²) in [6, 6.07) is 0. The fraction of sp³-hybridized carbons (Fsp3) is 0.667. The van der Waals surface area contributed by atoms with Crippen LogP contribution < -0.4 is 16.0 Å². The molecule has 0 aliphatic rings. The average Bonchev–Trinajstić information content (AvgIpc) is 2.88. The molecule has 1 heterocycles. The van der Waals surface area contributed by atoms with Crippen LogP contribution in [0.3, 0.4) is 0 Å². The van der Waals surface area contributed by atoms with Gasteiger partial charge in [-0.3, -0.25) is 9.59 Å². The van der Waals surface area contributed by atoms with Gasteiger partial charge in [-0.1, -0.05) is 20.8 Å². The molecular weight excluding hydrogens is 387 g/mol. The van der Waals surface area contributed by atoms with Gasteiger partial charge >= 0.3 is 0 Å². The van der Waals surface area contributed by atoms with Crippen molar-refractivity contribution in [2.24, 2.45) is 5.41 Å². The van der Waals surface area contributed by atoms with Crippen LogP contribution in [0.4, 0.5) is 5.13 Å². The van der Waals surface area contributed by atoms with Gasteiger partial charge in [-0.15, -0.1) is 36.2 Å². The Labute approximate surface area is 165 Å². The molecule has 0 aliphatic heterocycles. The molecule has 0 atom stereocenters. The van der Waals surface area contributed by atoms with Crippen molar-refractivity contribution in [3.63, 3.8) is 0 Å². The maximum Gasteiger partial charge on any atom is 0.231 e. The van der Waals surface area contributed by atoms with E-state index in [2.05, 4.69) is 20.9 Å². The lowest BCUT2D eigenvalue weighted by Gasteiger charge is -2.15. The minimum atomic E-state index is -0.473. The van der Waals surface area contributed by atoms with Gasteiger partial charge in [0.25, 0.3) is 0 Å². The van der Waals surface area contributed by atoms with Crippen LogP contribution >= 0.6 is 36.2 Å². The Kier molecular flexibility index (Phi) is 14.0. The molecule has 0 aliphatic carbocycles. The molecule has 0 unspecified atom stereocenters. The van der Waals surface area contributed by atoms with E-state index in [0.717, 1.165) is 6.54 Å². The van der Waals surface area contributed by atoms with E-state index < -0.39 is 5.41 Å². The SMILES string of the molecule is COCCNCCNC(=O)Cc1csc(NC(=O)C(C)(C)C)n1.Cl.Cl. The first-order valence-corrected chi connectivity index (χ1v) is 8.43. The standard InChI is InChI=1S/C15H26N4O3S.2ClH/c1-15(2,3)13(21)19-14-18-11(10-23-14)9-12(20)17-6-5-16-7-8-22-4;;/h10,16H,5-9H2,1-4H3,(H,17,20)(H,18,19,21);2*1H. The highest BCUT2D eigenvalue weighted by Crippen LogP contribution is 2.20. The molecule has 25 heavy (non-hydrogen) atoms. The summed E-state index contributed by atoms with van der Waals surface area (Å²) in [6.07, 6.45) is 0.208. The molecule has 1 rings (SSSR count). The van der Waals surface area contributed by atoms with Crippen LogP contribution in [-0.4, -0.2) is 50.1 Å². The summed E-state index contributed by atoms with van der Waals surface area (Å²) in [4.78, 5) is 27.9. The molecule has 1 aromatic rings. The molecule has 0 fully saturated rings. The van der Waals surface area contributed by atoms with Crippen molar-refractivity contribution in [3.05, 3.63) is 11.1 Å². The van der Waals surface area contributed by atoms with Gasteiger partial charge in [0.15, 0.2) is 5.13 Å². The summed E-state index contributed by atoms with van der Waals surface area (Å²) < 4.78 is 4.91. The lowest BCUT2D eigenvalue weighted by atomic mass is 9.96. The molecule has 0 radical (unpaired) electrons. The quantitative estimate of drug-likeness (QED) is 0.536. The number of nitrogens with zero attached hydrogens (tertiary/aromatic N) is 1. The molecule has 0 aromatic carbocycles. The Morgan fingerprint density at radius 3 is 2.48 bits per heavy atom. The fourth-order valence-electron chi connectivity index (χ4n) is 1.55. The Hall–Kier alpha value is -0.930. The molecular formula is C15H28Cl2N4O3S. The number of methoxy groups -OCH3 is 1. The van der Waals surface area contributed by atoms with Crippen LogP contribution in [0.5, 0.6) is 0 Å². The first kappa shape index (κ1) is 26.3. The Morgan fingerprint density at radius 1 is 1.20 bits per heavy atom. The summed E-state index contributed by atoms with van der Waals surface area (Å²) in [5.41, 5.74) is 0.183. The zero-order valence-corrected chi connectivity index (χ0v) is 17.5. The summed E-state index contributed by atoms with van der Waals surface area (Å²) in [5, 5.41) is 11.0. The van der Waals surface area contributed by atoms with Crippen molar-refractivity contribution < 1.29 is 14.3 Å². The third-order valence-corrected chi connectivity index (χ3v) is 3.71. The molecule has 0 bridgehead atoms. The lowest BCUT2D eigenvalue weighted by molar-refractivity contribution is -0.123. The number of thiazole rings is 1. The predicted molar refractivity (Wildman–Crippen MR) is 106 cm³/mol. The topological polar surface area (TPSA) is 92.4 Å². The number of aromatic nitrogens is 1. The van der Waals surface area contributed by atoms with Gasteiger partial charge in [0, 0.05) is 37.5 Å². The summed E-state index contributed by atoms with van der Waals surface area (Å²) in [6.45, 7) is 8.17. The Morgan fingerprint density at radius 2 is 1.88 bits per heavy atom. The van der Waals surface area contributed by atoms with E-state index >= 15 is 0 Å². The first-order chi connectivity index (χ1) is 10.8. The van der Waals surface area contributed by atoms with E-state index in [4.69, 9.17) is 4.74 Å². The zero-order valence-electron chi connectivity index (χ0n) is 15.0. The number of hydrogen-bond acceptors (Lipinski definition) is 6. The van der Waals surface area contributed by atoms with Crippen LogP contribution in [-0.2, 0) is 20.7 Å². The number of halogens is 2. The number of carbonyl (C=O) groups is 2. The summed E-state index contributed by atoms with van der Waals surface area (Å²) in [7, 11) is 1.65. The van der Waals surface area contributed by atoms with Crippen molar-refractivity contribution in [3.8, 4) is 0 Å². The minimum Gasteiger partial charge on any atom is -0.383 e. The molecule has 10 heteroatoms. The van der Waals surface area contributed by atoms with E-state index in [1.165, 1.54) is 11.3 Å². The average molecular weight is 415 g/mol. The number of rotatable bonds is 9. The maximum atomic E-state index is 11.9. The molecule has 1 aromatic heterocycles. The van der Waals surface area contributed by atoms with Gasteiger partial charge in [-0.25, -0.2) is 4.98 Å². The molecule has 3 N–H and O–H groups in total.